The third-order valence-corrected chi connectivity index (χ3v) is 4.89. The summed E-state index contributed by atoms with van der Waals surface area (Å²) in [5.41, 5.74) is 4.67. The van der Waals surface area contributed by atoms with Gasteiger partial charge in [0.1, 0.15) is 6.10 Å². The van der Waals surface area contributed by atoms with Gasteiger partial charge in [-0.05, 0) is 18.9 Å². The molecule has 1 N–H and O–H groups in total. The van der Waals surface area contributed by atoms with E-state index in [2.05, 4.69) is 52.2 Å². The SMILES string of the molecule is Cc1nn(C)cc1[C@H]1OCC[C@@H]1NCc1cnn(Cc2ccccc2)c1. The highest BCUT2D eigenvalue weighted by atomic mass is 16.5. The third kappa shape index (κ3) is 3.71. The van der Waals surface area contributed by atoms with Crippen LogP contribution in [-0.2, 0) is 24.9 Å². The molecule has 6 nitrogen and oxygen atoms in total. The molecule has 0 radical (unpaired) electrons. The molecular formula is C20H25N5O. The molecule has 2 aromatic heterocycles. The summed E-state index contributed by atoms with van der Waals surface area (Å²) in [7, 11) is 1.95. The molecule has 1 aliphatic heterocycles. The first-order valence-electron chi connectivity index (χ1n) is 9.09. The average Bonchev–Trinajstić information content (AvgIpc) is 3.34. The van der Waals surface area contributed by atoms with E-state index < -0.39 is 0 Å². The fraction of sp³-hybridized carbons (Fsp3) is 0.400. The smallest absolute Gasteiger partial charge is 0.101 e. The standard InChI is InChI=1S/C20H25N5O/c1-15-18(14-24(2)23-15)20-19(8-9-26-20)21-10-17-11-22-25(13-17)12-16-6-4-3-5-7-16/h3-7,11,13-14,19-21H,8-10,12H2,1-2H3/t19-,20+/m0/s1. The van der Waals surface area contributed by atoms with Crippen molar-refractivity contribution in [3.8, 4) is 0 Å². The molecule has 0 saturated carbocycles. The van der Waals surface area contributed by atoms with Crippen molar-refractivity contribution < 1.29 is 4.74 Å². The van der Waals surface area contributed by atoms with E-state index in [9.17, 15) is 0 Å². The van der Waals surface area contributed by atoms with Crippen LogP contribution in [0.15, 0.2) is 48.9 Å². The van der Waals surface area contributed by atoms with Gasteiger partial charge >= 0.3 is 0 Å². The monoisotopic (exact) mass is 351 g/mol. The number of hydrogen-bond donors (Lipinski definition) is 1. The predicted octanol–water partition coefficient (Wildman–Crippen LogP) is 2.59. The van der Waals surface area contributed by atoms with E-state index >= 15 is 0 Å². The van der Waals surface area contributed by atoms with Crippen molar-refractivity contribution in [1.82, 2.24) is 24.9 Å². The number of rotatable bonds is 6. The fourth-order valence-electron chi connectivity index (χ4n) is 3.61. The highest BCUT2D eigenvalue weighted by Crippen LogP contribution is 2.30. The van der Waals surface area contributed by atoms with Gasteiger partial charge < -0.3 is 10.1 Å². The first-order chi connectivity index (χ1) is 12.7. The number of benzene rings is 1. The summed E-state index contributed by atoms with van der Waals surface area (Å²) in [6.07, 6.45) is 7.20. The van der Waals surface area contributed by atoms with Gasteiger partial charge in [-0.3, -0.25) is 9.36 Å². The maximum absolute atomic E-state index is 5.98. The van der Waals surface area contributed by atoms with Gasteiger partial charge in [-0.15, -0.1) is 0 Å². The number of aryl methyl sites for hydroxylation is 2. The Labute approximate surface area is 153 Å². The van der Waals surface area contributed by atoms with Crippen molar-refractivity contribution in [3.63, 3.8) is 0 Å². The Bertz CT molecular complexity index is 854. The van der Waals surface area contributed by atoms with Crippen LogP contribution < -0.4 is 5.32 Å². The zero-order valence-electron chi connectivity index (χ0n) is 15.3. The highest BCUT2D eigenvalue weighted by Gasteiger charge is 2.31. The Hall–Kier alpha value is -2.44. The molecule has 0 aliphatic carbocycles. The first kappa shape index (κ1) is 17.0. The molecule has 2 atom stereocenters. The quantitative estimate of drug-likeness (QED) is 0.742. The topological polar surface area (TPSA) is 56.9 Å². The van der Waals surface area contributed by atoms with Gasteiger partial charge in [0.05, 0.1) is 18.4 Å². The molecule has 136 valence electrons. The van der Waals surface area contributed by atoms with Crippen molar-refractivity contribution in [2.24, 2.45) is 7.05 Å². The molecule has 1 aliphatic rings. The first-order valence-corrected chi connectivity index (χ1v) is 9.09. The second-order valence-corrected chi connectivity index (χ2v) is 6.94. The summed E-state index contributed by atoms with van der Waals surface area (Å²) >= 11 is 0. The third-order valence-electron chi connectivity index (χ3n) is 4.89. The van der Waals surface area contributed by atoms with Gasteiger partial charge in [0.25, 0.3) is 0 Å². The molecule has 1 fully saturated rings. The van der Waals surface area contributed by atoms with E-state index in [1.165, 1.54) is 16.7 Å². The van der Waals surface area contributed by atoms with E-state index in [4.69, 9.17) is 4.74 Å². The van der Waals surface area contributed by atoms with Crippen LogP contribution in [0.5, 0.6) is 0 Å². The summed E-state index contributed by atoms with van der Waals surface area (Å²) in [5.74, 6) is 0. The molecule has 6 heteroatoms. The van der Waals surface area contributed by atoms with Gasteiger partial charge in [0, 0.05) is 49.8 Å². The zero-order valence-corrected chi connectivity index (χ0v) is 15.3. The summed E-state index contributed by atoms with van der Waals surface area (Å²) in [6.45, 7) is 4.41. The minimum atomic E-state index is 0.0723. The maximum atomic E-state index is 5.98. The summed E-state index contributed by atoms with van der Waals surface area (Å²) in [5, 5.41) is 12.6. The number of nitrogens with one attached hydrogen (secondary N) is 1. The Balaban J connectivity index is 1.37. The number of hydrogen-bond acceptors (Lipinski definition) is 4. The highest BCUT2D eigenvalue weighted by molar-refractivity contribution is 5.22. The summed E-state index contributed by atoms with van der Waals surface area (Å²) in [6, 6.07) is 10.7. The van der Waals surface area contributed by atoms with Crippen LogP contribution in [0.1, 0.15) is 34.9 Å². The van der Waals surface area contributed by atoms with Gasteiger partial charge in [-0.2, -0.15) is 10.2 Å². The lowest BCUT2D eigenvalue weighted by Crippen LogP contribution is -2.31. The molecular weight excluding hydrogens is 326 g/mol. The van der Waals surface area contributed by atoms with Crippen LogP contribution in [0, 0.1) is 6.92 Å². The lowest BCUT2D eigenvalue weighted by molar-refractivity contribution is 0.0979. The zero-order chi connectivity index (χ0) is 17.9. The van der Waals surface area contributed by atoms with E-state index in [0.717, 1.165) is 31.8 Å². The molecule has 0 unspecified atom stereocenters. The number of aromatic nitrogens is 4. The fourth-order valence-corrected chi connectivity index (χ4v) is 3.61. The maximum Gasteiger partial charge on any atom is 0.101 e. The minimum absolute atomic E-state index is 0.0723. The Morgan fingerprint density at radius 1 is 1.19 bits per heavy atom. The second kappa shape index (κ2) is 7.43. The van der Waals surface area contributed by atoms with E-state index in [0.29, 0.717) is 6.04 Å². The van der Waals surface area contributed by atoms with Gasteiger partial charge in [-0.1, -0.05) is 30.3 Å². The summed E-state index contributed by atoms with van der Waals surface area (Å²) < 4.78 is 9.83. The van der Waals surface area contributed by atoms with Crippen LogP contribution in [-0.4, -0.2) is 32.2 Å². The minimum Gasteiger partial charge on any atom is -0.372 e. The number of ether oxygens (including phenoxy) is 1. The number of nitrogens with zero attached hydrogens (tertiary/aromatic N) is 4. The Morgan fingerprint density at radius 3 is 2.81 bits per heavy atom. The molecule has 0 amide bonds. The molecule has 4 rings (SSSR count). The van der Waals surface area contributed by atoms with Crippen molar-refractivity contribution in [2.75, 3.05) is 6.61 Å². The van der Waals surface area contributed by atoms with Gasteiger partial charge in [-0.25, -0.2) is 0 Å². The van der Waals surface area contributed by atoms with E-state index in [-0.39, 0.29) is 6.10 Å². The van der Waals surface area contributed by atoms with Gasteiger partial charge in [0.2, 0.25) is 0 Å². The molecule has 3 aromatic rings. The van der Waals surface area contributed by atoms with Crippen LogP contribution in [0.25, 0.3) is 0 Å². The van der Waals surface area contributed by atoms with Crippen molar-refractivity contribution in [3.05, 3.63) is 71.3 Å². The van der Waals surface area contributed by atoms with Crippen molar-refractivity contribution in [2.45, 2.75) is 38.6 Å². The lowest BCUT2D eigenvalue weighted by Gasteiger charge is -2.19. The molecule has 3 heterocycles. The largest absolute Gasteiger partial charge is 0.372 e. The van der Waals surface area contributed by atoms with Crippen LogP contribution >= 0.6 is 0 Å². The predicted molar refractivity (Wildman–Crippen MR) is 99.7 cm³/mol. The second-order valence-electron chi connectivity index (χ2n) is 6.94. The normalized spacial score (nSPS) is 19.9. The Morgan fingerprint density at radius 2 is 2.04 bits per heavy atom. The van der Waals surface area contributed by atoms with Crippen molar-refractivity contribution in [1.29, 1.82) is 0 Å². The molecule has 1 aromatic carbocycles. The van der Waals surface area contributed by atoms with Crippen LogP contribution in [0.3, 0.4) is 0 Å². The summed E-state index contributed by atoms with van der Waals surface area (Å²) in [4.78, 5) is 0. The van der Waals surface area contributed by atoms with E-state index in [1.54, 1.807) is 0 Å². The van der Waals surface area contributed by atoms with Crippen molar-refractivity contribution >= 4 is 0 Å². The average molecular weight is 351 g/mol. The van der Waals surface area contributed by atoms with Crippen LogP contribution in [0.2, 0.25) is 0 Å². The van der Waals surface area contributed by atoms with E-state index in [1.807, 2.05) is 35.6 Å². The lowest BCUT2D eigenvalue weighted by atomic mass is 10.0. The molecule has 0 spiro atoms. The van der Waals surface area contributed by atoms with Crippen LogP contribution in [0.4, 0.5) is 0 Å². The molecule has 26 heavy (non-hydrogen) atoms. The Kier molecular flexibility index (Phi) is 4.86. The molecule has 1 saturated heterocycles. The van der Waals surface area contributed by atoms with Gasteiger partial charge in [0.15, 0.2) is 0 Å². The molecule has 0 bridgehead atoms.